The Morgan fingerprint density at radius 3 is 2.62 bits per heavy atom. The summed E-state index contributed by atoms with van der Waals surface area (Å²) in [4.78, 5) is 36.8. The first-order valence-corrected chi connectivity index (χ1v) is 6.86. The van der Waals surface area contributed by atoms with Gasteiger partial charge in [0.05, 0.1) is 12.7 Å². The van der Waals surface area contributed by atoms with Gasteiger partial charge >= 0.3 is 5.97 Å². The first-order chi connectivity index (χ1) is 10.1. The van der Waals surface area contributed by atoms with Gasteiger partial charge in [0.25, 0.3) is 0 Å². The number of ether oxygens (including phenoxy) is 1. The number of hydrogen-bond donors (Lipinski definition) is 1. The number of anilines is 1. The first kappa shape index (κ1) is 15.0. The van der Waals surface area contributed by atoms with Crippen LogP contribution in [0.4, 0.5) is 5.69 Å². The molecule has 6 nitrogen and oxygen atoms in total. The summed E-state index contributed by atoms with van der Waals surface area (Å²) in [7, 11) is 1.29. The maximum atomic E-state index is 11.9. The average Bonchev–Trinajstić information content (AvgIpc) is 3.00. The molecule has 0 unspecified atom stereocenters. The van der Waals surface area contributed by atoms with E-state index >= 15 is 0 Å². The zero-order valence-electron chi connectivity index (χ0n) is 11.9. The van der Waals surface area contributed by atoms with E-state index in [0.717, 1.165) is 25.9 Å². The second-order valence-corrected chi connectivity index (χ2v) is 4.89. The number of nitrogens with zero attached hydrogens (tertiary/aromatic N) is 1. The van der Waals surface area contributed by atoms with Gasteiger partial charge in [-0.2, -0.15) is 0 Å². The van der Waals surface area contributed by atoms with Crippen LogP contribution in [0.5, 0.6) is 0 Å². The highest BCUT2D eigenvalue weighted by molar-refractivity contribution is 6.04. The Kier molecular flexibility index (Phi) is 4.92. The van der Waals surface area contributed by atoms with Crippen molar-refractivity contribution < 1.29 is 19.1 Å². The van der Waals surface area contributed by atoms with Gasteiger partial charge < -0.3 is 15.0 Å². The third-order valence-electron chi connectivity index (χ3n) is 3.34. The van der Waals surface area contributed by atoms with Crippen molar-refractivity contribution in [1.29, 1.82) is 0 Å². The lowest BCUT2D eigenvalue weighted by molar-refractivity contribution is -0.133. The van der Waals surface area contributed by atoms with Crippen LogP contribution in [0.25, 0.3) is 0 Å². The Bertz CT molecular complexity index is 550. The fourth-order valence-corrected chi connectivity index (χ4v) is 2.26. The molecular formula is C15H18N2O4. The molecule has 1 saturated heterocycles. The molecule has 1 N–H and O–H groups in total. The van der Waals surface area contributed by atoms with Crippen LogP contribution < -0.4 is 5.32 Å². The molecule has 1 aromatic carbocycles. The van der Waals surface area contributed by atoms with Crippen molar-refractivity contribution >= 4 is 23.5 Å². The number of benzene rings is 1. The third kappa shape index (κ3) is 4.05. The summed E-state index contributed by atoms with van der Waals surface area (Å²) in [5, 5.41) is 2.62. The van der Waals surface area contributed by atoms with Crippen LogP contribution in [0.1, 0.15) is 29.6 Å². The van der Waals surface area contributed by atoms with E-state index in [0.29, 0.717) is 11.3 Å². The average molecular weight is 290 g/mol. The number of carbonyl (C=O) groups excluding carboxylic acids is 3. The Balaban J connectivity index is 1.93. The van der Waals surface area contributed by atoms with Crippen molar-refractivity contribution in [3.63, 3.8) is 0 Å². The highest BCUT2D eigenvalue weighted by Gasteiger charge is 2.20. The quantitative estimate of drug-likeness (QED) is 0.672. The highest BCUT2D eigenvalue weighted by atomic mass is 16.5. The van der Waals surface area contributed by atoms with Crippen molar-refractivity contribution in [2.75, 3.05) is 25.5 Å². The van der Waals surface area contributed by atoms with Gasteiger partial charge in [-0.05, 0) is 31.0 Å². The number of rotatable bonds is 4. The van der Waals surface area contributed by atoms with Crippen LogP contribution in [0.15, 0.2) is 24.3 Å². The lowest BCUT2D eigenvalue weighted by Gasteiger charge is -2.14. The molecule has 0 bridgehead atoms. The monoisotopic (exact) mass is 290 g/mol. The Morgan fingerprint density at radius 1 is 1.24 bits per heavy atom. The van der Waals surface area contributed by atoms with Crippen LogP contribution in [-0.4, -0.2) is 42.9 Å². The van der Waals surface area contributed by atoms with Gasteiger partial charge in [0.2, 0.25) is 11.8 Å². The third-order valence-corrected chi connectivity index (χ3v) is 3.34. The Morgan fingerprint density at radius 2 is 1.95 bits per heavy atom. The molecule has 0 aliphatic carbocycles. The summed E-state index contributed by atoms with van der Waals surface area (Å²) in [5.41, 5.74) is 0.818. The zero-order chi connectivity index (χ0) is 15.2. The summed E-state index contributed by atoms with van der Waals surface area (Å²) in [5.74, 6) is -1.01. The Hall–Kier alpha value is -2.37. The molecule has 0 saturated carbocycles. The molecule has 1 fully saturated rings. The minimum absolute atomic E-state index is 0.158. The van der Waals surface area contributed by atoms with Gasteiger partial charge in [0, 0.05) is 18.8 Å². The summed E-state index contributed by atoms with van der Waals surface area (Å²) in [6.45, 7) is 1.45. The summed E-state index contributed by atoms with van der Waals surface area (Å²) < 4.78 is 4.62. The number of methoxy groups -OCH3 is 1. The molecule has 21 heavy (non-hydrogen) atoms. The van der Waals surface area contributed by atoms with Gasteiger partial charge in [0.1, 0.15) is 6.42 Å². The molecule has 1 aromatic rings. The Labute approximate surface area is 123 Å². The van der Waals surface area contributed by atoms with Crippen LogP contribution in [-0.2, 0) is 14.3 Å². The van der Waals surface area contributed by atoms with Gasteiger partial charge in [-0.3, -0.25) is 9.59 Å². The minimum atomic E-state index is -0.473. The van der Waals surface area contributed by atoms with Crippen LogP contribution in [0.2, 0.25) is 0 Å². The second kappa shape index (κ2) is 6.88. The van der Waals surface area contributed by atoms with Crippen LogP contribution in [0.3, 0.4) is 0 Å². The highest BCUT2D eigenvalue weighted by Crippen LogP contribution is 2.13. The maximum absolute atomic E-state index is 11.9. The van der Waals surface area contributed by atoms with E-state index in [1.165, 1.54) is 13.2 Å². The normalized spacial score (nSPS) is 13.9. The van der Waals surface area contributed by atoms with Gasteiger partial charge in [-0.1, -0.05) is 6.07 Å². The molecule has 0 atom stereocenters. The van der Waals surface area contributed by atoms with E-state index in [4.69, 9.17) is 0 Å². The van der Waals surface area contributed by atoms with Crippen molar-refractivity contribution in [1.82, 2.24) is 4.90 Å². The molecule has 1 heterocycles. The zero-order valence-corrected chi connectivity index (χ0v) is 11.9. The predicted octanol–water partition coefficient (Wildman–Crippen LogP) is 1.42. The molecule has 2 rings (SSSR count). The van der Waals surface area contributed by atoms with Crippen molar-refractivity contribution in [3.05, 3.63) is 29.8 Å². The lowest BCUT2D eigenvalue weighted by atomic mass is 10.2. The molecule has 0 aromatic heterocycles. The molecule has 112 valence electrons. The number of esters is 1. The first-order valence-electron chi connectivity index (χ1n) is 6.86. The minimum Gasteiger partial charge on any atom is -0.465 e. The standard InChI is InChI=1S/C15H18N2O4/c1-21-15(20)11-5-4-6-12(9-11)16-13(18)10-14(19)17-7-2-3-8-17/h4-6,9H,2-3,7-8,10H2,1H3,(H,16,18). The molecule has 0 spiro atoms. The van der Waals surface area contributed by atoms with E-state index in [2.05, 4.69) is 10.1 Å². The summed E-state index contributed by atoms with van der Waals surface area (Å²) >= 11 is 0. The number of likely N-dealkylation sites (tertiary alicyclic amines) is 1. The summed E-state index contributed by atoms with van der Waals surface area (Å²) in [6, 6.07) is 6.41. The largest absolute Gasteiger partial charge is 0.465 e. The molecule has 1 aliphatic heterocycles. The predicted molar refractivity (Wildman–Crippen MR) is 76.8 cm³/mol. The summed E-state index contributed by atoms with van der Waals surface area (Å²) in [6.07, 6.45) is 1.81. The molecule has 0 radical (unpaired) electrons. The van der Waals surface area contributed by atoms with Gasteiger partial charge in [-0.15, -0.1) is 0 Å². The van der Waals surface area contributed by atoms with E-state index < -0.39 is 5.97 Å². The van der Waals surface area contributed by atoms with Crippen molar-refractivity contribution in [2.45, 2.75) is 19.3 Å². The van der Waals surface area contributed by atoms with Crippen LogP contribution in [0, 0.1) is 0 Å². The van der Waals surface area contributed by atoms with Crippen molar-refractivity contribution in [3.8, 4) is 0 Å². The van der Waals surface area contributed by atoms with E-state index in [-0.39, 0.29) is 18.2 Å². The van der Waals surface area contributed by atoms with Gasteiger partial charge in [-0.25, -0.2) is 4.79 Å². The smallest absolute Gasteiger partial charge is 0.337 e. The second-order valence-electron chi connectivity index (χ2n) is 4.89. The number of nitrogens with one attached hydrogen (secondary N) is 1. The van der Waals surface area contributed by atoms with E-state index in [1.807, 2.05) is 0 Å². The van der Waals surface area contributed by atoms with E-state index in [9.17, 15) is 14.4 Å². The SMILES string of the molecule is COC(=O)c1cccc(NC(=O)CC(=O)N2CCCC2)c1. The molecule has 2 amide bonds. The van der Waals surface area contributed by atoms with Crippen LogP contribution >= 0.6 is 0 Å². The van der Waals surface area contributed by atoms with Crippen molar-refractivity contribution in [2.24, 2.45) is 0 Å². The molecule has 1 aliphatic rings. The van der Waals surface area contributed by atoms with Gasteiger partial charge in [0.15, 0.2) is 0 Å². The number of hydrogen-bond acceptors (Lipinski definition) is 4. The number of amides is 2. The lowest BCUT2D eigenvalue weighted by Crippen LogP contribution is -2.31. The maximum Gasteiger partial charge on any atom is 0.337 e. The fourth-order valence-electron chi connectivity index (χ4n) is 2.26. The molecule has 6 heteroatoms. The topological polar surface area (TPSA) is 75.7 Å². The fraction of sp³-hybridized carbons (Fsp3) is 0.400. The molecular weight excluding hydrogens is 272 g/mol. The number of carbonyl (C=O) groups is 3. The van der Waals surface area contributed by atoms with E-state index in [1.54, 1.807) is 23.1 Å².